The fourth-order valence-corrected chi connectivity index (χ4v) is 3.78. The molecule has 0 bridgehead atoms. The van der Waals surface area contributed by atoms with E-state index in [2.05, 4.69) is 10.6 Å². The number of carbonyl (C=O) groups excluding carboxylic acids is 3. The van der Waals surface area contributed by atoms with E-state index in [9.17, 15) is 14.4 Å². The van der Waals surface area contributed by atoms with Crippen molar-refractivity contribution >= 4 is 17.9 Å². The van der Waals surface area contributed by atoms with E-state index < -0.39 is 18.0 Å². The van der Waals surface area contributed by atoms with Crippen LogP contribution in [0.4, 0.5) is 4.79 Å². The molecule has 0 fully saturated rings. The van der Waals surface area contributed by atoms with Gasteiger partial charge in [-0.3, -0.25) is 9.59 Å². The molecular formula is C30H35N3O5. The second-order valence-electron chi connectivity index (χ2n) is 8.95. The highest BCUT2D eigenvalue weighted by Crippen LogP contribution is 2.17. The molecule has 3 aromatic carbocycles. The molecule has 3 aromatic rings. The molecule has 0 saturated carbocycles. The molecule has 0 aliphatic heterocycles. The highest BCUT2D eigenvalue weighted by molar-refractivity contribution is 5.86. The average molecular weight is 518 g/mol. The van der Waals surface area contributed by atoms with E-state index in [1.165, 1.54) is 0 Å². The topological polar surface area (TPSA) is 120 Å². The third-order valence-corrected chi connectivity index (χ3v) is 5.83. The van der Waals surface area contributed by atoms with Crippen molar-refractivity contribution in [1.82, 2.24) is 10.6 Å². The number of carbonyl (C=O) groups is 3. The second kappa shape index (κ2) is 15.7. The van der Waals surface area contributed by atoms with Gasteiger partial charge in [-0.15, -0.1) is 0 Å². The van der Waals surface area contributed by atoms with Crippen molar-refractivity contribution in [3.8, 4) is 5.75 Å². The SMILES string of the molecule is NC(=O)[C@H](Cc1cccc(OCc2ccccc2)c1)NC(=O)CCCCCNC(=O)OCc1ccccc1. The Morgan fingerprint density at radius 3 is 2.11 bits per heavy atom. The number of rotatable bonds is 15. The summed E-state index contributed by atoms with van der Waals surface area (Å²) in [6.45, 7) is 1.12. The predicted octanol–water partition coefficient (Wildman–Crippen LogP) is 4.27. The van der Waals surface area contributed by atoms with Gasteiger partial charge in [0.15, 0.2) is 0 Å². The van der Waals surface area contributed by atoms with Gasteiger partial charge in [-0.25, -0.2) is 4.79 Å². The number of ether oxygens (including phenoxy) is 2. The summed E-state index contributed by atoms with van der Waals surface area (Å²) in [5, 5.41) is 5.44. The van der Waals surface area contributed by atoms with Gasteiger partial charge in [-0.2, -0.15) is 0 Å². The first-order valence-corrected chi connectivity index (χ1v) is 12.8. The third kappa shape index (κ3) is 10.7. The molecule has 3 rings (SSSR count). The molecule has 0 unspecified atom stereocenters. The van der Waals surface area contributed by atoms with E-state index in [1.807, 2.05) is 84.9 Å². The van der Waals surface area contributed by atoms with Gasteiger partial charge in [-0.05, 0) is 41.7 Å². The van der Waals surface area contributed by atoms with Crippen LogP contribution >= 0.6 is 0 Å². The Labute approximate surface area is 223 Å². The first kappa shape index (κ1) is 28.2. The monoisotopic (exact) mass is 517 g/mol. The molecule has 1 atom stereocenters. The highest BCUT2D eigenvalue weighted by Gasteiger charge is 2.18. The maximum atomic E-state index is 12.4. The number of hydrogen-bond donors (Lipinski definition) is 3. The molecule has 8 heteroatoms. The lowest BCUT2D eigenvalue weighted by atomic mass is 10.0. The molecule has 0 heterocycles. The van der Waals surface area contributed by atoms with Crippen LogP contribution in [0.15, 0.2) is 84.9 Å². The summed E-state index contributed by atoms with van der Waals surface area (Å²) >= 11 is 0. The Bertz CT molecular complexity index is 1150. The van der Waals surface area contributed by atoms with Gasteiger partial charge in [0, 0.05) is 19.4 Å². The Kier molecular flexibility index (Phi) is 11.7. The molecule has 8 nitrogen and oxygen atoms in total. The van der Waals surface area contributed by atoms with Gasteiger partial charge < -0.3 is 25.8 Å². The standard InChI is InChI=1S/C30H35N3O5/c31-29(35)27(20-25-15-10-16-26(19-25)37-21-23-11-4-1-5-12-23)33-28(34)17-8-3-9-18-32-30(36)38-22-24-13-6-2-7-14-24/h1-2,4-7,10-16,19,27H,3,8-9,17-18,20-22H2,(H2,31,35)(H,32,36)(H,33,34)/t27-/m0/s1. The molecule has 38 heavy (non-hydrogen) atoms. The smallest absolute Gasteiger partial charge is 0.407 e. The van der Waals surface area contributed by atoms with Crippen molar-refractivity contribution in [1.29, 1.82) is 0 Å². The molecule has 0 aliphatic rings. The van der Waals surface area contributed by atoms with Gasteiger partial charge >= 0.3 is 6.09 Å². The van der Waals surface area contributed by atoms with Crippen molar-refractivity contribution in [3.63, 3.8) is 0 Å². The number of amides is 3. The van der Waals surface area contributed by atoms with Crippen LogP contribution in [-0.4, -0.2) is 30.5 Å². The number of nitrogens with one attached hydrogen (secondary N) is 2. The predicted molar refractivity (Wildman–Crippen MR) is 145 cm³/mol. The minimum Gasteiger partial charge on any atom is -0.489 e. The summed E-state index contributed by atoms with van der Waals surface area (Å²) in [5.41, 5.74) is 8.37. The van der Waals surface area contributed by atoms with Crippen LogP contribution in [-0.2, 0) is 34.0 Å². The number of benzene rings is 3. The number of alkyl carbamates (subject to hydrolysis) is 1. The third-order valence-electron chi connectivity index (χ3n) is 5.83. The summed E-state index contributed by atoms with van der Waals surface area (Å²) in [7, 11) is 0. The Morgan fingerprint density at radius 1 is 0.763 bits per heavy atom. The fraction of sp³-hybridized carbons (Fsp3) is 0.300. The summed E-state index contributed by atoms with van der Waals surface area (Å²) in [6, 6.07) is 25.9. The number of nitrogens with two attached hydrogens (primary N) is 1. The van der Waals surface area contributed by atoms with Crippen molar-refractivity contribution in [3.05, 3.63) is 102 Å². The average Bonchev–Trinajstić information content (AvgIpc) is 2.93. The van der Waals surface area contributed by atoms with E-state index in [0.717, 1.165) is 23.1 Å². The van der Waals surface area contributed by atoms with Crippen molar-refractivity contribution in [2.75, 3.05) is 6.54 Å². The van der Waals surface area contributed by atoms with Gasteiger partial charge in [0.05, 0.1) is 0 Å². The zero-order chi connectivity index (χ0) is 27.0. The lowest BCUT2D eigenvalue weighted by molar-refractivity contribution is -0.127. The van der Waals surface area contributed by atoms with Crippen LogP contribution in [0, 0.1) is 0 Å². The molecule has 0 saturated heterocycles. The Morgan fingerprint density at radius 2 is 1.42 bits per heavy atom. The van der Waals surface area contributed by atoms with E-state index in [0.29, 0.717) is 31.7 Å². The first-order valence-electron chi connectivity index (χ1n) is 12.8. The zero-order valence-corrected chi connectivity index (χ0v) is 21.4. The normalized spacial score (nSPS) is 11.3. The van der Waals surface area contributed by atoms with Crippen LogP contribution in [0.25, 0.3) is 0 Å². The number of unbranched alkanes of at least 4 members (excludes halogenated alkanes) is 2. The zero-order valence-electron chi connectivity index (χ0n) is 21.4. The number of hydrogen-bond acceptors (Lipinski definition) is 5. The van der Waals surface area contributed by atoms with Crippen LogP contribution in [0.1, 0.15) is 42.4 Å². The summed E-state index contributed by atoms with van der Waals surface area (Å²) in [4.78, 5) is 36.1. The van der Waals surface area contributed by atoms with Crippen LogP contribution < -0.4 is 21.1 Å². The minimum absolute atomic E-state index is 0.221. The van der Waals surface area contributed by atoms with Crippen molar-refractivity contribution in [2.24, 2.45) is 5.73 Å². The van der Waals surface area contributed by atoms with E-state index in [-0.39, 0.29) is 25.4 Å². The van der Waals surface area contributed by atoms with Crippen LogP contribution in [0.2, 0.25) is 0 Å². The molecule has 0 aromatic heterocycles. The molecule has 0 radical (unpaired) electrons. The highest BCUT2D eigenvalue weighted by atomic mass is 16.5. The summed E-state index contributed by atoms with van der Waals surface area (Å²) < 4.78 is 11.0. The van der Waals surface area contributed by atoms with Gasteiger partial charge in [0.2, 0.25) is 11.8 Å². The maximum Gasteiger partial charge on any atom is 0.407 e. The quantitative estimate of drug-likeness (QED) is 0.260. The molecule has 0 aliphatic carbocycles. The van der Waals surface area contributed by atoms with Gasteiger partial charge in [0.25, 0.3) is 0 Å². The second-order valence-corrected chi connectivity index (χ2v) is 8.95. The Hall–Kier alpha value is -4.33. The first-order chi connectivity index (χ1) is 18.5. The lowest BCUT2D eigenvalue weighted by Crippen LogP contribution is -2.45. The van der Waals surface area contributed by atoms with Gasteiger partial charge in [-0.1, -0.05) is 79.2 Å². The molecule has 4 N–H and O–H groups in total. The Balaban J connectivity index is 1.32. The molecular weight excluding hydrogens is 482 g/mol. The van der Waals surface area contributed by atoms with E-state index >= 15 is 0 Å². The maximum absolute atomic E-state index is 12.4. The molecule has 200 valence electrons. The van der Waals surface area contributed by atoms with Crippen molar-refractivity contribution < 1.29 is 23.9 Å². The summed E-state index contributed by atoms with van der Waals surface area (Å²) in [5.74, 6) is -0.147. The van der Waals surface area contributed by atoms with E-state index in [4.69, 9.17) is 15.2 Å². The molecule has 0 spiro atoms. The molecule has 3 amide bonds. The van der Waals surface area contributed by atoms with E-state index in [1.54, 1.807) is 0 Å². The minimum atomic E-state index is -0.812. The fourth-order valence-electron chi connectivity index (χ4n) is 3.78. The lowest BCUT2D eigenvalue weighted by Gasteiger charge is -2.16. The van der Waals surface area contributed by atoms with Crippen LogP contribution in [0.5, 0.6) is 5.75 Å². The van der Waals surface area contributed by atoms with Crippen LogP contribution in [0.3, 0.4) is 0 Å². The number of primary amides is 1. The van der Waals surface area contributed by atoms with Crippen molar-refractivity contribution in [2.45, 2.75) is 51.4 Å². The largest absolute Gasteiger partial charge is 0.489 e. The summed E-state index contributed by atoms with van der Waals surface area (Å²) in [6.07, 6.45) is 2.16. The van der Waals surface area contributed by atoms with Gasteiger partial charge in [0.1, 0.15) is 25.0 Å².